The van der Waals surface area contributed by atoms with Crippen LogP contribution in [0.15, 0.2) is 61.1 Å². The van der Waals surface area contributed by atoms with E-state index in [1.807, 2.05) is 48.0 Å². The normalized spacial score (nSPS) is 14.0. The highest BCUT2D eigenvalue weighted by Crippen LogP contribution is 2.35. The van der Waals surface area contributed by atoms with Gasteiger partial charge in [-0.2, -0.15) is 0 Å². The Morgan fingerprint density at radius 3 is 2.92 bits per heavy atom. The van der Waals surface area contributed by atoms with Crippen molar-refractivity contribution in [2.24, 2.45) is 7.05 Å². The highest BCUT2D eigenvalue weighted by molar-refractivity contribution is 5.95. The SMILES string of the molecule is CCCCCOc1ccc2c(c1)[C@@H](NC(=O)c1cccc(NCc3nnc(-c4ccncn4)n3C)c1)CO2. The van der Waals surface area contributed by atoms with Crippen LogP contribution in [0.25, 0.3) is 11.5 Å². The smallest absolute Gasteiger partial charge is 0.251 e. The van der Waals surface area contributed by atoms with E-state index >= 15 is 0 Å². The third-order valence-electron chi connectivity index (χ3n) is 6.44. The number of hydrogen-bond acceptors (Lipinski definition) is 8. The van der Waals surface area contributed by atoms with E-state index in [0.29, 0.717) is 36.8 Å². The van der Waals surface area contributed by atoms with Crippen LogP contribution in [-0.2, 0) is 13.6 Å². The molecule has 2 aromatic carbocycles. The van der Waals surface area contributed by atoms with Gasteiger partial charge in [-0.1, -0.05) is 25.8 Å². The second-order valence-electron chi connectivity index (χ2n) is 9.12. The van der Waals surface area contributed by atoms with Gasteiger partial charge in [0.15, 0.2) is 11.6 Å². The number of amides is 1. The molecule has 0 radical (unpaired) electrons. The second-order valence-corrected chi connectivity index (χ2v) is 9.12. The summed E-state index contributed by atoms with van der Waals surface area (Å²) in [5, 5.41) is 15.0. The number of nitrogens with zero attached hydrogens (tertiary/aromatic N) is 5. The van der Waals surface area contributed by atoms with Crippen LogP contribution in [-0.4, -0.2) is 43.9 Å². The lowest BCUT2D eigenvalue weighted by molar-refractivity contribution is 0.0930. The maximum absolute atomic E-state index is 13.1. The summed E-state index contributed by atoms with van der Waals surface area (Å²) in [5.41, 5.74) is 2.99. The lowest BCUT2D eigenvalue weighted by atomic mass is 10.1. The van der Waals surface area contributed by atoms with Crippen molar-refractivity contribution in [3.63, 3.8) is 0 Å². The van der Waals surface area contributed by atoms with Gasteiger partial charge >= 0.3 is 0 Å². The number of hydrogen-bond donors (Lipinski definition) is 2. The van der Waals surface area contributed by atoms with Crippen LogP contribution in [0.5, 0.6) is 11.5 Å². The molecule has 1 aliphatic heterocycles. The number of rotatable bonds is 11. The second kappa shape index (κ2) is 11.7. The van der Waals surface area contributed by atoms with Crippen LogP contribution in [0.4, 0.5) is 5.69 Å². The molecule has 3 heterocycles. The molecule has 0 bridgehead atoms. The average Bonchev–Trinajstić information content (AvgIpc) is 3.53. The quantitative estimate of drug-likeness (QED) is 0.285. The van der Waals surface area contributed by atoms with Gasteiger partial charge in [-0.15, -0.1) is 10.2 Å². The zero-order chi connectivity index (χ0) is 26.3. The molecule has 10 heteroatoms. The Morgan fingerprint density at radius 2 is 2.08 bits per heavy atom. The third kappa shape index (κ3) is 5.74. The third-order valence-corrected chi connectivity index (χ3v) is 6.44. The minimum Gasteiger partial charge on any atom is -0.494 e. The van der Waals surface area contributed by atoms with E-state index in [0.717, 1.165) is 47.8 Å². The van der Waals surface area contributed by atoms with Crippen LogP contribution < -0.4 is 20.1 Å². The molecule has 10 nitrogen and oxygen atoms in total. The highest BCUT2D eigenvalue weighted by Gasteiger charge is 2.26. The minimum atomic E-state index is -0.243. The van der Waals surface area contributed by atoms with Crippen molar-refractivity contribution < 1.29 is 14.3 Å². The van der Waals surface area contributed by atoms with Crippen LogP contribution in [0.2, 0.25) is 0 Å². The van der Waals surface area contributed by atoms with Gasteiger partial charge in [0.2, 0.25) is 0 Å². The molecular formula is C28H31N7O3. The Labute approximate surface area is 221 Å². The first-order chi connectivity index (χ1) is 18.6. The first-order valence-corrected chi connectivity index (χ1v) is 12.8. The van der Waals surface area contributed by atoms with E-state index < -0.39 is 0 Å². The highest BCUT2D eigenvalue weighted by atomic mass is 16.5. The molecule has 5 rings (SSSR count). The van der Waals surface area contributed by atoms with E-state index in [-0.39, 0.29) is 11.9 Å². The first kappa shape index (κ1) is 25.2. The zero-order valence-corrected chi connectivity index (χ0v) is 21.6. The molecule has 196 valence electrons. The Bertz CT molecular complexity index is 1390. The minimum absolute atomic E-state index is 0.172. The summed E-state index contributed by atoms with van der Waals surface area (Å²) in [4.78, 5) is 21.3. The predicted molar refractivity (Wildman–Crippen MR) is 143 cm³/mol. The van der Waals surface area contributed by atoms with Gasteiger partial charge in [0.05, 0.1) is 19.2 Å². The van der Waals surface area contributed by atoms with Crippen molar-refractivity contribution in [2.75, 3.05) is 18.5 Å². The average molecular weight is 514 g/mol. The van der Waals surface area contributed by atoms with Gasteiger partial charge in [0.1, 0.15) is 30.1 Å². The molecule has 1 amide bonds. The molecule has 0 unspecified atom stereocenters. The summed E-state index contributed by atoms with van der Waals surface area (Å²) < 4.78 is 13.6. The van der Waals surface area contributed by atoms with Gasteiger partial charge in [-0.05, 0) is 48.9 Å². The maximum atomic E-state index is 13.1. The number of nitrogens with one attached hydrogen (secondary N) is 2. The molecule has 0 saturated carbocycles. The standard InChI is InChI=1S/C28H31N7O3/c1-3-4-5-13-37-21-9-10-25-22(15-21)24(17-38-25)32-28(36)19-7-6-8-20(14-19)30-16-26-33-34-27(35(26)2)23-11-12-29-18-31-23/h6-12,14-15,18,24,30H,3-5,13,16-17H2,1-2H3,(H,32,36)/t24-/m0/s1. The number of carbonyl (C=O) groups excluding carboxylic acids is 1. The molecule has 2 aromatic heterocycles. The van der Waals surface area contributed by atoms with E-state index in [2.05, 4.69) is 37.7 Å². The lowest BCUT2D eigenvalue weighted by Crippen LogP contribution is -2.29. The van der Waals surface area contributed by atoms with Crippen LogP contribution >= 0.6 is 0 Å². The van der Waals surface area contributed by atoms with E-state index in [4.69, 9.17) is 9.47 Å². The number of fused-ring (bicyclic) bond motifs is 1. The molecular weight excluding hydrogens is 482 g/mol. The molecule has 0 fully saturated rings. The molecule has 0 aliphatic carbocycles. The van der Waals surface area contributed by atoms with Gasteiger partial charge in [-0.25, -0.2) is 9.97 Å². The number of aromatic nitrogens is 5. The number of unbranched alkanes of at least 4 members (excludes halogenated alkanes) is 2. The number of carbonyl (C=O) groups is 1. The van der Waals surface area contributed by atoms with Crippen molar-refractivity contribution in [2.45, 2.75) is 38.8 Å². The Balaban J connectivity index is 1.21. The summed E-state index contributed by atoms with van der Waals surface area (Å²) in [5.74, 6) is 2.79. The summed E-state index contributed by atoms with van der Waals surface area (Å²) in [6, 6.07) is 14.7. The fraction of sp³-hybridized carbons (Fsp3) is 0.321. The van der Waals surface area contributed by atoms with E-state index in [1.165, 1.54) is 6.33 Å². The number of benzene rings is 2. The van der Waals surface area contributed by atoms with Gasteiger partial charge < -0.3 is 24.7 Å². The van der Waals surface area contributed by atoms with Crippen molar-refractivity contribution >= 4 is 11.6 Å². The predicted octanol–water partition coefficient (Wildman–Crippen LogP) is 4.32. The number of anilines is 1. The topological polar surface area (TPSA) is 116 Å². The Morgan fingerprint density at radius 1 is 1.16 bits per heavy atom. The fourth-order valence-electron chi connectivity index (χ4n) is 4.30. The Hall–Kier alpha value is -4.47. The molecule has 1 aliphatic rings. The summed E-state index contributed by atoms with van der Waals surface area (Å²) in [6.07, 6.45) is 6.47. The fourth-order valence-corrected chi connectivity index (χ4v) is 4.30. The van der Waals surface area contributed by atoms with Crippen molar-refractivity contribution in [3.8, 4) is 23.0 Å². The van der Waals surface area contributed by atoms with Crippen molar-refractivity contribution in [3.05, 3.63) is 78.0 Å². The van der Waals surface area contributed by atoms with Crippen LogP contribution in [0.1, 0.15) is 54.0 Å². The van der Waals surface area contributed by atoms with E-state index in [9.17, 15) is 4.79 Å². The lowest BCUT2D eigenvalue weighted by Gasteiger charge is -2.14. The molecule has 38 heavy (non-hydrogen) atoms. The summed E-state index contributed by atoms with van der Waals surface area (Å²) in [6.45, 7) is 3.67. The van der Waals surface area contributed by atoms with Gasteiger partial charge in [0, 0.05) is 30.1 Å². The molecule has 1 atom stereocenters. The first-order valence-electron chi connectivity index (χ1n) is 12.8. The summed E-state index contributed by atoms with van der Waals surface area (Å²) in [7, 11) is 1.89. The van der Waals surface area contributed by atoms with Crippen molar-refractivity contribution in [1.82, 2.24) is 30.0 Å². The zero-order valence-electron chi connectivity index (χ0n) is 21.6. The van der Waals surface area contributed by atoms with Crippen LogP contribution in [0.3, 0.4) is 0 Å². The molecule has 0 saturated heterocycles. The van der Waals surface area contributed by atoms with Crippen LogP contribution in [0, 0.1) is 0 Å². The van der Waals surface area contributed by atoms with Crippen molar-refractivity contribution in [1.29, 1.82) is 0 Å². The largest absolute Gasteiger partial charge is 0.494 e. The Kier molecular flexibility index (Phi) is 7.77. The molecule has 2 N–H and O–H groups in total. The monoisotopic (exact) mass is 513 g/mol. The summed E-state index contributed by atoms with van der Waals surface area (Å²) >= 11 is 0. The maximum Gasteiger partial charge on any atom is 0.251 e. The number of ether oxygens (including phenoxy) is 2. The van der Waals surface area contributed by atoms with Gasteiger partial charge in [-0.3, -0.25) is 4.79 Å². The molecule has 0 spiro atoms. The molecule has 4 aromatic rings. The van der Waals surface area contributed by atoms with Gasteiger partial charge in [0.25, 0.3) is 5.91 Å². The van der Waals surface area contributed by atoms with E-state index in [1.54, 1.807) is 18.3 Å².